The van der Waals surface area contributed by atoms with Crippen molar-refractivity contribution in [3.05, 3.63) is 35.9 Å². The first-order valence-electron chi connectivity index (χ1n) is 8.93. The number of hydrogen-bond donors (Lipinski definition) is 0. The van der Waals surface area contributed by atoms with E-state index in [1.165, 1.54) is 0 Å². The predicted octanol–water partition coefficient (Wildman–Crippen LogP) is 1.07. The summed E-state index contributed by atoms with van der Waals surface area (Å²) in [5.74, 6) is 0.711. The molecule has 8 nitrogen and oxygen atoms in total. The van der Waals surface area contributed by atoms with Gasteiger partial charge in [0.05, 0.1) is 19.3 Å². The van der Waals surface area contributed by atoms with Gasteiger partial charge in [-0.1, -0.05) is 0 Å². The van der Waals surface area contributed by atoms with Gasteiger partial charge in [-0.15, -0.1) is 0 Å². The molecule has 0 unspecified atom stereocenters. The Hall–Kier alpha value is -2.48. The van der Waals surface area contributed by atoms with Crippen LogP contribution in [0, 0.1) is 18.8 Å². The molecule has 26 heavy (non-hydrogen) atoms. The highest BCUT2D eigenvalue weighted by molar-refractivity contribution is 5.92. The minimum absolute atomic E-state index is 0.0215. The summed E-state index contributed by atoms with van der Waals surface area (Å²) in [5, 5.41) is 4.21. The number of hydrogen-bond acceptors (Lipinski definition) is 6. The van der Waals surface area contributed by atoms with Crippen LogP contribution in [0.25, 0.3) is 0 Å². The van der Waals surface area contributed by atoms with Crippen LogP contribution in [0.15, 0.2) is 24.5 Å². The normalized spacial score (nSPS) is 24.7. The van der Waals surface area contributed by atoms with Crippen LogP contribution in [0.3, 0.4) is 0 Å². The summed E-state index contributed by atoms with van der Waals surface area (Å²) in [7, 11) is 1.81. The fourth-order valence-corrected chi connectivity index (χ4v) is 3.75. The van der Waals surface area contributed by atoms with Gasteiger partial charge in [0, 0.05) is 44.1 Å². The molecule has 1 amide bonds. The molecule has 0 N–H and O–H groups in total. The van der Waals surface area contributed by atoms with E-state index in [1.807, 2.05) is 24.9 Å². The van der Waals surface area contributed by atoms with Crippen LogP contribution in [-0.4, -0.2) is 63.0 Å². The summed E-state index contributed by atoms with van der Waals surface area (Å²) in [6.07, 6.45) is 4.46. The number of likely N-dealkylation sites (tertiary alicyclic amines) is 1. The largest absolute Gasteiger partial charge is 0.463 e. The number of carbonyl (C=O) groups is 1. The van der Waals surface area contributed by atoms with Gasteiger partial charge in [0.1, 0.15) is 5.69 Å². The number of nitrogens with zero attached hydrogens (tertiary/aromatic N) is 5. The standard InChI is InChI=1S/C18H23N5O3/c1-12-3-6-19-18(20-12)25-8-5-13-11-26-16-10-23(9-14(13)16)17(24)15-4-7-22(2)21-15/h3-4,6-7,13-14,16H,5,8-11H2,1-2H3/t13-,14-,16-/m0/s1. The molecule has 3 atom stereocenters. The Morgan fingerprint density at radius 1 is 1.38 bits per heavy atom. The predicted molar refractivity (Wildman–Crippen MR) is 92.7 cm³/mol. The molecule has 0 bridgehead atoms. The van der Waals surface area contributed by atoms with Gasteiger partial charge in [-0.3, -0.25) is 9.48 Å². The second-order valence-electron chi connectivity index (χ2n) is 7.00. The topological polar surface area (TPSA) is 82.4 Å². The van der Waals surface area contributed by atoms with Crippen LogP contribution in [0.5, 0.6) is 6.01 Å². The first-order valence-corrected chi connectivity index (χ1v) is 8.93. The van der Waals surface area contributed by atoms with Gasteiger partial charge in [-0.2, -0.15) is 5.10 Å². The number of aryl methyl sites for hydroxylation is 2. The quantitative estimate of drug-likeness (QED) is 0.796. The monoisotopic (exact) mass is 357 g/mol. The van der Waals surface area contributed by atoms with E-state index in [2.05, 4.69) is 15.1 Å². The van der Waals surface area contributed by atoms with Crippen molar-refractivity contribution in [3.63, 3.8) is 0 Å². The summed E-state index contributed by atoms with van der Waals surface area (Å²) in [6, 6.07) is 4.01. The Morgan fingerprint density at radius 3 is 3.04 bits per heavy atom. The van der Waals surface area contributed by atoms with Crippen molar-refractivity contribution in [1.82, 2.24) is 24.6 Å². The maximum absolute atomic E-state index is 12.6. The van der Waals surface area contributed by atoms with Crippen molar-refractivity contribution in [2.75, 3.05) is 26.3 Å². The molecule has 0 radical (unpaired) electrons. The zero-order chi connectivity index (χ0) is 18.1. The molecule has 0 spiro atoms. The highest BCUT2D eigenvalue weighted by Crippen LogP contribution is 2.35. The number of amides is 1. The smallest absolute Gasteiger partial charge is 0.316 e. The van der Waals surface area contributed by atoms with E-state index >= 15 is 0 Å². The molecule has 2 aliphatic rings. The summed E-state index contributed by atoms with van der Waals surface area (Å²) in [6.45, 7) is 4.54. The fraction of sp³-hybridized carbons (Fsp3) is 0.556. The van der Waals surface area contributed by atoms with Gasteiger partial charge < -0.3 is 14.4 Å². The molecule has 4 rings (SSSR count). The Morgan fingerprint density at radius 2 is 2.27 bits per heavy atom. The van der Waals surface area contributed by atoms with Gasteiger partial charge in [0.2, 0.25) is 0 Å². The molecule has 2 aromatic rings. The number of carbonyl (C=O) groups excluding carboxylic acids is 1. The molecule has 2 fully saturated rings. The SMILES string of the molecule is Cc1ccnc(OCC[C@H]2CO[C@H]3CN(C(=O)c4ccn(C)n4)C[C@@H]23)n1. The molecule has 138 valence electrons. The molecule has 2 aromatic heterocycles. The highest BCUT2D eigenvalue weighted by Gasteiger charge is 2.45. The Kier molecular flexibility index (Phi) is 4.58. The van der Waals surface area contributed by atoms with Gasteiger partial charge in [0.15, 0.2) is 0 Å². The molecule has 0 aromatic carbocycles. The van der Waals surface area contributed by atoms with E-state index in [4.69, 9.17) is 9.47 Å². The highest BCUT2D eigenvalue weighted by atomic mass is 16.5. The van der Waals surface area contributed by atoms with Gasteiger partial charge in [-0.05, 0) is 31.4 Å². The number of ether oxygens (including phenoxy) is 2. The minimum Gasteiger partial charge on any atom is -0.463 e. The zero-order valence-corrected chi connectivity index (χ0v) is 15.0. The van der Waals surface area contributed by atoms with Crippen LogP contribution >= 0.6 is 0 Å². The average Bonchev–Trinajstić information content (AvgIpc) is 3.31. The van der Waals surface area contributed by atoms with E-state index in [0.29, 0.717) is 43.2 Å². The van der Waals surface area contributed by atoms with Crippen LogP contribution < -0.4 is 4.74 Å². The van der Waals surface area contributed by atoms with Crippen molar-refractivity contribution in [1.29, 1.82) is 0 Å². The third-order valence-electron chi connectivity index (χ3n) is 5.15. The molecular weight excluding hydrogens is 334 g/mol. The van der Waals surface area contributed by atoms with E-state index in [1.54, 1.807) is 23.1 Å². The first-order chi connectivity index (χ1) is 12.6. The zero-order valence-electron chi connectivity index (χ0n) is 15.0. The minimum atomic E-state index is -0.0215. The second-order valence-corrected chi connectivity index (χ2v) is 7.00. The van der Waals surface area contributed by atoms with Crippen LogP contribution in [0.2, 0.25) is 0 Å². The van der Waals surface area contributed by atoms with Gasteiger partial charge >= 0.3 is 6.01 Å². The van der Waals surface area contributed by atoms with Crippen molar-refractivity contribution in [2.45, 2.75) is 19.4 Å². The number of rotatable bonds is 5. The summed E-state index contributed by atoms with van der Waals surface area (Å²) < 4.78 is 13.2. The van der Waals surface area contributed by atoms with Crippen molar-refractivity contribution >= 4 is 5.91 Å². The maximum Gasteiger partial charge on any atom is 0.316 e. The van der Waals surface area contributed by atoms with E-state index in [0.717, 1.165) is 18.7 Å². The van der Waals surface area contributed by atoms with Crippen molar-refractivity contribution in [2.24, 2.45) is 18.9 Å². The Balaban J connectivity index is 1.31. The summed E-state index contributed by atoms with van der Waals surface area (Å²) >= 11 is 0. The molecule has 8 heteroatoms. The molecule has 0 aliphatic carbocycles. The molecular formula is C18H23N5O3. The Labute approximate surface area is 152 Å². The van der Waals surface area contributed by atoms with Crippen molar-refractivity contribution < 1.29 is 14.3 Å². The summed E-state index contributed by atoms with van der Waals surface area (Å²) in [5.41, 5.74) is 1.38. The van der Waals surface area contributed by atoms with E-state index in [9.17, 15) is 4.79 Å². The van der Waals surface area contributed by atoms with E-state index in [-0.39, 0.29) is 12.0 Å². The second kappa shape index (κ2) is 7.03. The first kappa shape index (κ1) is 17.0. The van der Waals surface area contributed by atoms with Crippen LogP contribution in [-0.2, 0) is 11.8 Å². The fourth-order valence-electron chi connectivity index (χ4n) is 3.75. The lowest BCUT2D eigenvalue weighted by molar-refractivity contribution is 0.0666. The average molecular weight is 357 g/mol. The molecule has 4 heterocycles. The molecule has 0 saturated carbocycles. The lowest BCUT2D eigenvalue weighted by Crippen LogP contribution is -2.31. The van der Waals surface area contributed by atoms with E-state index < -0.39 is 0 Å². The summed E-state index contributed by atoms with van der Waals surface area (Å²) in [4.78, 5) is 22.8. The third-order valence-corrected chi connectivity index (χ3v) is 5.15. The lowest BCUT2D eigenvalue weighted by atomic mass is 9.91. The Bertz CT molecular complexity index is 793. The lowest BCUT2D eigenvalue weighted by Gasteiger charge is -2.19. The maximum atomic E-state index is 12.6. The van der Waals surface area contributed by atoms with Crippen molar-refractivity contribution in [3.8, 4) is 6.01 Å². The number of fused-ring (bicyclic) bond motifs is 1. The molecule has 2 saturated heterocycles. The van der Waals surface area contributed by atoms with Crippen LogP contribution in [0.4, 0.5) is 0 Å². The number of aromatic nitrogens is 4. The van der Waals surface area contributed by atoms with Gasteiger partial charge in [0.25, 0.3) is 5.91 Å². The molecule has 2 aliphatic heterocycles. The van der Waals surface area contributed by atoms with Gasteiger partial charge in [-0.25, -0.2) is 9.97 Å². The third kappa shape index (κ3) is 3.41. The van der Waals surface area contributed by atoms with Crippen LogP contribution in [0.1, 0.15) is 22.6 Å².